The highest BCUT2D eigenvalue weighted by Crippen LogP contribution is 2.20. The van der Waals surface area contributed by atoms with E-state index in [9.17, 15) is 9.59 Å². The molecule has 110 valence electrons. The molecule has 1 aromatic rings. The molecule has 0 saturated heterocycles. The van der Waals surface area contributed by atoms with Crippen molar-refractivity contribution in [3.05, 3.63) is 29.8 Å². The summed E-state index contributed by atoms with van der Waals surface area (Å²) in [5, 5.41) is 8.03. The lowest BCUT2D eigenvalue weighted by atomic mass is 9.99. The molecule has 20 heavy (non-hydrogen) atoms. The SMILES string of the molecule is CC[C@@H](C)c1ccc(NC(=O)CNCC(=O)NC)cc1. The molecular formula is C15H23N3O2. The minimum absolute atomic E-state index is 0.112. The van der Waals surface area contributed by atoms with Gasteiger partial charge in [-0.1, -0.05) is 26.0 Å². The molecule has 5 heteroatoms. The first-order chi connectivity index (χ1) is 9.56. The van der Waals surface area contributed by atoms with Crippen LogP contribution in [0.25, 0.3) is 0 Å². The third-order valence-corrected chi connectivity index (χ3v) is 3.23. The van der Waals surface area contributed by atoms with Gasteiger partial charge in [-0.15, -0.1) is 0 Å². The Morgan fingerprint density at radius 3 is 2.25 bits per heavy atom. The Kier molecular flexibility index (Phi) is 6.73. The predicted molar refractivity (Wildman–Crippen MR) is 80.7 cm³/mol. The number of hydrogen-bond acceptors (Lipinski definition) is 3. The van der Waals surface area contributed by atoms with E-state index in [0.717, 1.165) is 12.1 Å². The summed E-state index contributed by atoms with van der Waals surface area (Å²) in [6.07, 6.45) is 1.09. The van der Waals surface area contributed by atoms with Gasteiger partial charge in [0.25, 0.3) is 0 Å². The number of amides is 2. The number of hydrogen-bond donors (Lipinski definition) is 3. The number of nitrogens with one attached hydrogen (secondary N) is 3. The second kappa shape index (κ2) is 8.32. The molecule has 0 saturated carbocycles. The first-order valence-electron chi connectivity index (χ1n) is 6.88. The Balaban J connectivity index is 2.40. The fraction of sp³-hybridized carbons (Fsp3) is 0.467. The Hall–Kier alpha value is -1.88. The molecule has 1 atom stereocenters. The fourth-order valence-electron chi connectivity index (χ4n) is 1.71. The van der Waals surface area contributed by atoms with Crippen molar-refractivity contribution in [3.8, 4) is 0 Å². The molecule has 0 heterocycles. The molecule has 0 aromatic heterocycles. The van der Waals surface area contributed by atoms with Crippen LogP contribution in [0.1, 0.15) is 31.7 Å². The Labute approximate surface area is 120 Å². The largest absolute Gasteiger partial charge is 0.358 e. The number of anilines is 1. The van der Waals surface area contributed by atoms with E-state index < -0.39 is 0 Å². The van der Waals surface area contributed by atoms with Gasteiger partial charge in [0.15, 0.2) is 0 Å². The van der Waals surface area contributed by atoms with Gasteiger partial charge >= 0.3 is 0 Å². The smallest absolute Gasteiger partial charge is 0.238 e. The van der Waals surface area contributed by atoms with Crippen molar-refractivity contribution < 1.29 is 9.59 Å². The Bertz CT molecular complexity index is 443. The van der Waals surface area contributed by atoms with Crippen LogP contribution in [0.4, 0.5) is 5.69 Å². The van der Waals surface area contributed by atoms with Crippen LogP contribution < -0.4 is 16.0 Å². The van der Waals surface area contributed by atoms with Crippen molar-refractivity contribution in [2.45, 2.75) is 26.2 Å². The second-order valence-electron chi connectivity index (χ2n) is 4.76. The third kappa shape index (κ3) is 5.40. The van der Waals surface area contributed by atoms with E-state index in [0.29, 0.717) is 5.92 Å². The van der Waals surface area contributed by atoms with Gasteiger partial charge in [0.1, 0.15) is 0 Å². The molecule has 2 amide bonds. The van der Waals surface area contributed by atoms with E-state index in [1.165, 1.54) is 5.56 Å². The van der Waals surface area contributed by atoms with E-state index in [2.05, 4.69) is 29.8 Å². The average molecular weight is 277 g/mol. The number of rotatable bonds is 7. The zero-order valence-corrected chi connectivity index (χ0v) is 12.3. The maximum absolute atomic E-state index is 11.7. The number of likely N-dealkylation sites (N-methyl/N-ethyl adjacent to an activating group) is 1. The molecule has 3 N–H and O–H groups in total. The van der Waals surface area contributed by atoms with E-state index in [1.54, 1.807) is 7.05 Å². The molecule has 0 radical (unpaired) electrons. The molecule has 5 nitrogen and oxygen atoms in total. The molecule has 1 rings (SSSR count). The standard InChI is InChI=1S/C15H23N3O2/c1-4-11(2)12-5-7-13(8-6-12)18-15(20)10-17-9-14(19)16-3/h5-8,11,17H,4,9-10H2,1-3H3,(H,16,19)(H,18,20)/t11-/m1/s1. The minimum Gasteiger partial charge on any atom is -0.358 e. The second-order valence-corrected chi connectivity index (χ2v) is 4.76. The molecule has 0 bridgehead atoms. The zero-order valence-electron chi connectivity index (χ0n) is 12.3. The van der Waals surface area contributed by atoms with Gasteiger partial charge in [-0.05, 0) is 30.0 Å². The van der Waals surface area contributed by atoms with Crippen LogP contribution in [-0.2, 0) is 9.59 Å². The van der Waals surface area contributed by atoms with Crippen molar-refractivity contribution in [1.29, 1.82) is 0 Å². The molecule has 0 spiro atoms. The van der Waals surface area contributed by atoms with Gasteiger partial charge in [0.2, 0.25) is 11.8 Å². The summed E-state index contributed by atoms with van der Waals surface area (Å²) in [6.45, 7) is 4.58. The minimum atomic E-state index is -0.162. The summed E-state index contributed by atoms with van der Waals surface area (Å²) in [4.78, 5) is 22.6. The van der Waals surface area contributed by atoms with Crippen molar-refractivity contribution in [2.75, 3.05) is 25.5 Å². The first kappa shape index (κ1) is 16.2. The number of carbonyl (C=O) groups is 2. The van der Waals surface area contributed by atoms with Crippen molar-refractivity contribution in [1.82, 2.24) is 10.6 Å². The lowest BCUT2D eigenvalue weighted by molar-refractivity contribution is -0.119. The Morgan fingerprint density at radius 1 is 1.10 bits per heavy atom. The van der Waals surface area contributed by atoms with Crippen LogP contribution in [0.2, 0.25) is 0 Å². The van der Waals surface area contributed by atoms with E-state index in [1.807, 2.05) is 24.3 Å². The summed E-state index contributed by atoms with van der Waals surface area (Å²) >= 11 is 0. The van der Waals surface area contributed by atoms with Crippen LogP contribution >= 0.6 is 0 Å². The van der Waals surface area contributed by atoms with E-state index in [-0.39, 0.29) is 24.9 Å². The highest BCUT2D eigenvalue weighted by Gasteiger charge is 2.05. The summed E-state index contributed by atoms with van der Waals surface area (Å²) in [5.41, 5.74) is 2.03. The maximum Gasteiger partial charge on any atom is 0.238 e. The Morgan fingerprint density at radius 2 is 1.70 bits per heavy atom. The van der Waals surface area contributed by atoms with Crippen LogP contribution in [-0.4, -0.2) is 32.0 Å². The molecule has 0 aliphatic carbocycles. The molecular weight excluding hydrogens is 254 g/mol. The van der Waals surface area contributed by atoms with Gasteiger partial charge in [0.05, 0.1) is 13.1 Å². The zero-order chi connectivity index (χ0) is 15.0. The van der Waals surface area contributed by atoms with Crippen LogP contribution in [0.3, 0.4) is 0 Å². The van der Waals surface area contributed by atoms with Crippen LogP contribution in [0.15, 0.2) is 24.3 Å². The van der Waals surface area contributed by atoms with Gasteiger partial charge in [-0.25, -0.2) is 0 Å². The van der Waals surface area contributed by atoms with Crippen molar-refractivity contribution in [2.24, 2.45) is 0 Å². The number of carbonyl (C=O) groups excluding carboxylic acids is 2. The average Bonchev–Trinajstić information content (AvgIpc) is 2.47. The lowest BCUT2D eigenvalue weighted by Gasteiger charge is -2.10. The van der Waals surface area contributed by atoms with Gasteiger partial charge < -0.3 is 10.6 Å². The maximum atomic E-state index is 11.7. The van der Waals surface area contributed by atoms with Crippen LogP contribution in [0, 0.1) is 0 Å². The summed E-state index contributed by atoms with van der Waals surface area (Å²) < 4.78 is 0. The fourth-order valence-corrected chi connectivity index (χ4v) is 1.71. The van der Waals surface area contributed by atoms with Crippen molar-refractivity contribution >= 4 is 17.5 Å². The quantitative estimate of drug-likeness (QED) is 0.707. The van der Waals surface area contributed by atoms with Crippen molar-refractivity contribution in [3.63, 3.8) is 0 Å². The van der Waals surface area contributed by atoms with Gasteiger partial charge in [-0.2, -0.15) is 0 Å². The normalized spacial score (nSPS) is 11.8. The van der Waals surface area contributed by atoms with E-state index in [4.69, 9.17) is 0 Å². The molecule has 0 aliphatic rings. The monoisotopic (exact) mass is 277 g/mol. The molecule has 0 fully saturated rings. The summed E-state index contributed by atoms with van der Waals surface area (Å²) in [6, 6.07) is 7.86. The number of benzene rings is 1. The van der Waals surface area contributed by atoms with E-state index >= 15 is 0 Å². The van der Waals surface area contributed by atoms with Crippen LogP contribution in [0.5, 0.6) is 0 Å². The van der Waals surface area contributed by atoms with Gasteiger partial charge in [0, 0.05) is 12.7 Å². The third-order valence-electron chi connectivity index (χ3n) is 3.23. The molecule has 1 aromatic carbocycles. The highest BCUT2D eigenvalue weighted by atomic mass is 16.2. The molecule has 0 unspecified atom stereocenters. The molecule has 0 aliphatic heterocycles. The summed E-state index contributed by atoms with van der Waals surface area (Å²) in [7, 11) is 1.56. The first-order valence-corrected chi connectivity index (χ1v) is 6.88. The predicted octanol–water partition coefficient (Wildman–Crippen LogP) is 1.47. The summed E-state index contributed by atoms with van der Waals surface area (Å²) in [5.74, 6) is 0.217. The topological polar surface area (TPSA) is 70.2 Å². The van der Waals surface area contributed by atoms with Gasteiger partial charge in [-0.3, -0.25) is 14.9 Å². The highest BCUT2D eigenvalue weighted by molar-refractivity contribution is 5.92. The lowest BCUT2D eigenvalue weighted by Crippen LogP contribution is -2.36.